The number of rotatable bonds is 4. The minimum Gasteiger partial charge on any atom is -0.462 e. The highest BCUT2D eigenvalue weighted by Crippen LogP contribution is 2.27. The number of hydrogen-bond acceptors (Lipinski definition) is 5. The molecule has 27 heavy (non-hydrogen) atoms. The molecule has 3 heterocycles. The minimum absolute atomic E-state index is 0.0963. The van der Waals surface area contributed by atoms with Crippen molar-refractivity contribution < 1.29 is 4.42 Å². The van der Waals surface area contributed by atoms with Crippen LogP contribution in [0, 0.1) is 0 Å². The molecule has 140 valence electrons. The number of aryl methyl sites for hydroxylation is 1. The minimum atomic E-state index is -0.0963. The molecule has 0 saturated carbocycles. The van der Waals surface area contributed by atoms with E-state index >= 15 is 0 Å². The summed E-state index contributed by atoms with van der Waals surface area (Å²) < 4.78 is 5.62. The van der Waals surface area contributed by atoms with Gasteiger partial charge in [-0.15, -0.1) is 0 Å². The number of hydrogen-bond donors (Lipinski definition) is 0. The quantitative estimate of drug-likeness (QED) is 0.645. The van der Waals surface area contributed by atoms with Crippen LogP contribution in [0.4, 0.5) is 0 Å². The Morgan fingerprint density at radius 3 is 2.96 bits per heavy atom. The van der Waals surface area contributed by atoms with Crippen molar-refractivity contribution in [3.63, 3.8) is 0 Å². The highest BCUT2D eigenvalue weighted by Gasteiger charge is 2.20. The molecule has 0 N–H and O–H groups in total. The summed E-state index contributed by atoms with van der Waals surface area (Å²) in [4.78, 5) is 24.2. The van der Waals surface area contributed by atoms with Crippen LogP contribution in [0.3, 0.4) is 0 Å². The molecule has 0 bridgehead atoms. The van der Waals surface area contributed by atoms with Gasteiger partial charge in [-0.1, -0.05) is 30.1 Å². The number of benzene rings is 1. The molecule has 0 aliphatic carbocycles. The van der Waals surface area contributed by atoms with Crippen molar-refractivity contribution in [1.29, 1.82) is 0 Å². The van der Waals surface area contributed by atoms with Crippen molar-refractivity contribution in [3.8, 4) is 0 Å². The molecule has 4 rings (SSSR count). The SMILES string of the molecule is CCCc1ncc2c(n1)CCN(Cc1coc3c(Cl)cc(Cl)cc3c1=O)C2. The molecule has 0 fully saturated rings. The first kappa shape index (κ1) is 18.4. The van der Waals surface area contributed by atoms with Gasteiger partial charge in [0.05, 0.1) is 16.7 Å². The summed E-state index contributed by atoms with van der Waals surface area (Å²) in [6.45, 7) is 4.18. The summed E-state index contributed by atoms with van der Waals surface area (Å²) in [5, 5.41) is 1.17. The second-order valence-corrected chi connectivity index (χ2v) is 7.67. The Labute approximate surface area is 166 Å². The zero-order chi connectivity index (χ0) is 19.0. The topological polar surface area (TPSA) is 59.2 Å². The van der Waals surface area contributed by atoms with E-state index in [-0.39, 0.29) is 5.43 Å². The van der Waals surface area contributed by atoms with Crippen LogP contribution >= 0.6 is 23.2 Å². The molecule has 0 unspecified atom stereocenters. The molecule has 0 radical (unpaired) electrons. The third-order valence-electron chi connectivity index (χ3n) is 4.79. The van der Waals surface area contributed by atoms with Gasteiger partial charge in [-0.05, 0) is 18.6 Å². The van der Waals surface area contributed by atoms with Crippen molar-refractivity contribution in [2.75, 3.05) is 6.54 Å². The van der Waals surface area contributed by atoms with Crippen molar-refractivity contribution >= 4 is 34.2 Å². The highest BCUT2D eigenvalue weighted by molar-refractivity contribution is 6.38. The molecule has 1 aliphatic heterocycles. The summed E-state index contributed by atoms with van der Waals surface area (Å²) in [5.41, 5.74) is 3.11. The van der Waals surface area contributed by atoms with Crippen LogP contribution in [0.1, 0.15) is 36.0 Å². The van der Waals surface area contributed by atoms with Crippen LogP contribution in [0.2, 0.25) is 10.0 Å². The predicted octanol–water partition coefficient (Wildman–Crippen LogP) is 4.40. The average Bonchev–Trinajstić information content (AvgIpc) is 2.65. The summed E-state index contributed by atoms with van der Waals surface area (Å²) in [7, 11) is 0. The molecule has 0 atom stereocenters. The zero-order valence-electron chi connectivity index (χ0n) is 15.0. The van der Waals surface area contributed by atoms with E-state index < -0.39 is 0 Å². The predicted molar refractivity (Wildman–Crippen MR) is 106 cm³/mol. The number of halogens is 2. The summed E-state index contributed by atoms with van der Waals surface area (Å²) in [5.74, 6) is 0.911. The van der Waals surface area contributed by atoms with Crippen LogP contribution in [0.15, 0.2) is 33.8 Å². The molecular formula is C20H19Cl2N3O2. The lowest BCUT2D eigenvalue weighted by molar-refractivity contribution is 0.240. The van der Waals surface area contributed by atoms with E-state index in [2.05, 4.69) is 21.8 Å². The van der Waals surface area contributed by atoms with Gasteiger partial charge in [-0.25, -0.2) is 9.97 Å². The molecule has 0 amide bonds. The van der Waals surface area contributed by atoms with Crippen LogP contribution < -0.4 is 5.43 Å². The van der Waals surface area contributed by atoms with Gasteiger partial charge >= 0.3 is 0 Å². The fraction of sp³-hybridized carbons (Fsp3) is 0.350. The molecule has 3 aromatic rings. The molecular weight excluding hydrogens is 385 g/mol. The third-order valence-corrected chi connectivity index (χ3v) is 5.29. The Bertz CT molecular complexity index is 1070. The Morgan fingerprint density at radius 2 is 2.15 bits per heavy atom. The second-order valence-electron chi connectivity index (χ2n) is 6.82. The largest absolute Gasteiger partial charge is 0.462 e. The molecule has 2 aromatic heterocycles. The van der Waals surface area contributed by atoms with E-state index in [1.165, 1.54) is 6.26 Å². The smallest absolute Gasteiger partial charge is 0.197 e. The third kappa shape index (κ3) is 3.72. The van der Waals surface area contributed by atoms with Crippen molar-refractivity contribution in [2.24, 2.45) is 0 Å². The van der Waals surface area contributed by atoms with E-state index in [4.69, 9.17) is 27.6 Å². The summed E-state index contributed by atoms with van der Waals surface area (Å²) in [6.07, 6.45) is 6.21. The van der Waals surface area contributed by atoms with E-state index in [1.54, 1.807) is 12.1 Å². The Kier molecular flexibility index (Phi) is 5.17. The van der Waals surface area contributed by atoms with Crippen molar-refractivity contribution in [2.45, 2.75) is 39.3 Å². The van der Waals surface area contributed by atoms with E-state index in [0.29, 0.717) is 33.1 Å². The fourth-order valence-corrected chi connectivity index (χ4v) is 3.99. The molecule has 0 spiro atoms. The molecule has 7 heteroatoms. The van der Waals surface area contributed by atoms with Crippen LogP contribution in [-0.2, 0) is 25.9 Å². The maximum atomic E-state index is 12.8. The highest BCUT2D eigenvalue weighted by atomic mass is 35.5. The van der Waals surface area contributed by atoms with Crippen molar-refractivity contribution in [3.05, 3.63) is 67.5 Å². The van der Waals surface area contributed by atoms with Crippen molar-refractivity contribution in [1.82, 2.24) is 14.9 Å². The van der Waals surface area contributed by atoms with Crippen LogP contribution in [0.5, 0.6) is 0 Å². The summed E-state index contributed by atoms with van der Waals surface area (Å²) in [6, 6.07) is 3.18. The monoisotopic (exact) mass is 403 g/mol. The Balaban J connectivity index is 1.58. The van der Waals surface area contributed by atoms with Gasteiger partial charge < -0.3 is 4.42 Å². The normalized spacial score (nSPS) is 14.5. The van der Waals surface area contributed by atoms with Crippen LogP contribution in [0.25, 0.3) is 11.0 Å². The van der Waals surface area contributed by atoms with E-state index in [0.717, 1.165) is 49.4 Å². The molecule has 5 nitrogen and oxygen atoms in total. The second kappa shape index (κ2) is 7.58. The average molecular weight is 404 g/mol. The maximum Gasteiger partial charge on any atom is 0.197 e. The number of fused-ring (bicyclic) bond motifs is 2. The molecule has 0 saturated heterocycles. The molecule has 1 aromatic carbocycles. The zero-order valence-corrected chi connectivity index (χ0v) is 16.5. The van der Waals surface area contributed by atoms with Gasteiger partial charge in [-0.3, -0.25) is 9.69 Å². The first-order valence-electron chi connectivity index (χ1n) is 9.00. The van der Waals surface area contributed by atoms with E-state index in [1.807, 2.05) is 6.20 Å². The Morgan fingerprint density at radius 1 is 1.30 bits per heavy atom. The van der Waals surface area contributed by atoms with Gasteiger partial charge in [0.1, 0.15) is 5.82 Å². The standard InChI is InChI=1S/C20H19Cl2N3O2/c1-2-3-18-23-8-12-9-25(5-4-17(12)24-18)10-13-11-27-20-15(19(13)26)6-14(21)7-16(20)22/h6-8,11H,2-5,9-10H2,1H3. The lowest BCUT2D eigenvalue weighted by Crippen LogP contribution is -2.32. The van der Waals surface area contributed by atoms with Gasteiger partial charge in [-0.2, -0.15) is 0 Å². The number of nitrogens with zero attached hydrogens (tertiary/aromatic N) is 3. The van der Waals surface area contributed by atoms with Gasteiger partial charge in [0, 0.05) is 60.5 Å². The first-order valence-corrected chi connectivity index (χ1v) is 9.76. The van der Waals surface area contributed by atoms with Gasteiger partial charge in [0.2, 0.25) is 0 Å². The number of aromatic nitrogens is 2. The molecule has 1 aliphatic rings. The Hall–Kier alpha value is -1.95. The van der Waals surface area contributed by atoms with Gasteiger partial charge in [0.25, 0.3) is 0 Å². The lowest BCUT2D eigenvalue weighted by atomic mass is 10.1. The maximum absolute atomic E-state index is 12.8. The first-order chi connectivity index (χ1) is 13.0. The lowest BCUT2D eigenvalue weighted by Gasteiger charge is -2.27. The summed E-state index contributed by atoms with van der Waals surface area (Å²) >= 11 is 12.2. The fourth-order valence-electron chi connectivity index (χ4n) is 3.45. The van der Waals surface area contributed by atoms with Crippen LogP contribution in [-0.4, -0.2) is 21.4 Å². The van der Waals surface area contributed by atoms with E-state index in [9.17, 15) is 4.79 Å². The van der Waals surface area contributed by atoms with Gasteiger partial charge in [0.15, 0.2) is 11.0 Å².